The molecule has 98 valence electrons. The topological polar surface area (TPSA) is 88.1 Å². The molecule has 0 amide bonds. The van der Waals surface area contributed by atoms with Crippen LogP contribution in [0, 0.1) is 5.41 Å². The fourth-order valence-electron chi connectivity index (χ4n) is 1.94. The summed E-state index contributed by atoms with van der Waals surface area (Å²) in [6.45, 7) is 0.560. The van der Waals surface area contributed by atoms with E-state index in [9.17, 15) is 0 Å². The van der Waals surface area contributed by atoms with E-state index in [1.54, 1.807) is 0 Å². The van der Waals surface area contributed by atoms with Gasteiger partial charge >= 0.3 is 0 Å². The van der Waals surface area contributed by atoms with Crippen LogP contribution >= 0.6 is 0 Å². The molecule has 0 aromatic heterocycles. The molecule has 0 heterocycles. The molecule has 5 heteroatoms. The van der Waals surface area contributed by atoms with Gasteiger partial charge in [0.15, 0.2) is 0 Å². The van der Waals surface area contributed by atoms with E-state index in [2.05, 4.69) is 5.16 Å². The van der Waals surface area contributed by atoms with Crippen molar-refractivity contribution in [2.75, 3.05) is 6.61 Å². The standard InChI is InChI=1S/C13H18N2O3/c14-12(15-17)7-13(4-5-13)9-18-11-3-1-2-10(6-11)8-16/h1-3,6,16-17H,4-5,7-9H2,(H2,14,15). The molecule has 0 spiro atoms. The Morgan fingerprint density at radius 1 is 1.44 bits per heavy atom. The van der Waals surface area contributed by atoms with Gasteiger partial charge < -0.3 is 20.8 Å². The van der Waals surface area contributed by atoms with E-state index in [0.29, 0.717) is 13.0 Å². The van der Waals surface area contributed by atoms with Crippen LogP contribution in [0.25, 0.3) is 0 Å². The molecule has 0 aliphatic heterocycles. The van der Waals surface area contributed by atoms with Crippen molar-refractivity contribution >= 4 is 5.84 Å². The predicted molar refractivity (Wildman–Crippen MR) is 67.6 cm³/mol. The lowest BCUT2D eigenvalue weighted by molar-refractivity contribution is 0.234. The third kappa shape index (κ3) is 3.13. The van der Waals surface area contributed by atoms with Crippen LogP contribution in [0.3, 0.4) is 0 Å². The molecule has 2 rings (SSSR count). The van der Waals surface area contributed by atoms with Gasteiger partial charge in [0.25, 0.3) is 0 Å². The molecule has 0 bridgehead atoms. The van der Waals surface area contributed by atoms with Gasteiger partial charge in [-0.25, -0.2) is 0 Å². The van der Waals surface area contributed by atoms with Gasteiger partial charge in [-0.1, -0.05) is 17.3 Å². The Morgan fingerprint density at radius 2 is 2.22 bits per heavy atom. The molecule has 1 aromatic rings. The number of aliphatic hydroxyl groups is 1. The average molecular weight is 250 g/mol. The lowest BCUT2D eigenvalue weighted by Gasteiger charge is -2.15. The number of hydrogen-bond donors (Lipinski definition) is 3. The third-order valence-corrected chi connectivity index (χ3v) is 3.27. The van der Waals surface area contributed by atoms with Crippen molar-refractivity contribution in [3.8, 4) is 5.75 Å². The number of amidine groups is 1. The normalized spacial score (nSPS) is 17.5. The Kier molecular flexibility index (Phi) is 3.72. The van der Waals surface area contributed by atoms with Gasteiger partial charge in [0.2, 0.25) is 0 Å². The van der Waals surface area contributed by atoms with Gasteiger partial charge in [-0.05, 0) is 30.5 Å². The van der Waals surface area contributed by atoms with Crippen LogP contribution in [0.15, 0.2) is 29.4 Å². The zero-order valence-electron chi connectivity index (χ0n) is 10.2. The fourth-order valence-corrected chi connectivity index (χ4v) is 1.94. The first kappa shape index (κ1) is 12.7. The summed E-state index contributed by atoms with van der Waals surface area (Å²) < 4.78 is 5.72. The second-order valence-corrected chi connectivity index (χ2v) is 4.86. The molecule has 4 N–H and O–H groups in total. The van der Waals surface area contributed by atoms with Crippen LogP contribution in [-0.4, -0.2) is 22.8 Å². The SMILES string of the molecule is NC(CC1(COc2cccc(CO)c2)CC1)=NO. The lowest BCUT2D eigenvalue weighted by Crippen LogP contribution is -2.22. The van der Waals surface area contributed by atoms with Crippen LogP contribution in [0.5, 0.6) is 5.75 Å². The monoisotopic (exact) mass is 250 g/mol. The van der Waals surface area contributed by atoms with Crippen molar-refractivity contribution < 1.29 is 15.1 Å². The first-order valence-corrected chi connectivity index (χ1v) is 5.96. The van der Waals surface area contributed by atoms with E-state index < -0.39 is 0 Å². The molecule has 0 atom stereocenters. The summed E-state index contributed by atoms with van der Waals surface area (Å²) in [6, 6.07) is 7.37. The van der Waals surface area contributed by atoms with Crippen LogP contribution < -0.4 is 10.5 Å². The Bertz CT molecular complexity index is 442. The molecule has 18 heavy (non-hydrogen) atoms. The Labute approximate surface area is 106 Å². The van der Waals surface area contributed by atoms with Gasteiger partial charge in [-0.3, -0.25) is 0 Å². The zero-order valence-corrected chi connectivity index (χ0v) is 10.2. The summed E-state index contributed by atoms with van der Waals surface area (Å²) in [4.78, 5) is 0. The minimum atomic E-state index is 0.00641. The molecule has 5 nitrogen and oxygen atoms in total. The summed E-state index contributed by atoms with van der Waals surface area (Å²) in [7, 11) is 0. The van der Waals surface area contributed by atoms with Crippen LogP contribution in [-0.2, 0) is 6.61 Å². The van der Waals surface area contributed by atoms with Gasteiger partial charge in [-0.2, -0.15) is 0 Å². The smallest absolute Gasteiger partial charge is 0.139 e. The largest absolute Gasteiger partial charge is 0.493 e. The zero-order chi connectivity index (χ0) is 13.0. The highest BCUT2D eigenvalue weighted by Crippen LogP contribution is 2.48. The quantitative estimate of drug-likeness (QED) is 0.309. The summed E-state index contributed by atoms with van der Waals surface area (Å²) in [5, 5.41) is 20.6. The molecular formula is C13H18N2O3. The second kappa shape index (κ2) is 5.27. The summed E-state index contributed by atoms with van der Waals surface area (Å²) >= 11 is 0. The maximum absolute atomic E-state index is 9.04. The Morgan fingerprint density at radius 3 is 2.83 bits per heavy atom. The van der Waals surface area contributed by atoms with Crippen molar-refractivity contribution in [2.45, 2.75) is 25.9 Å². The lowest BCUT2D eigenvalue weighted by atomic mass is 10.0. The number of benzene rings is 1. The predicted octanol–water partition coefficient (Wildman–Crippen LogP) is 1.47. The Balaban J connectivity index is 1.91. The minimum Gasteiger partial charge on any atom is -0.493 e. The van der Waals surface area contributed by atoms with E-state index in [0.717, 1.165) is 24.2 Å². The van der Waals surface area contributed by atoms with E-state index in [4.69, 9.17) is 20.8 Å². The molecular weight excluding hydrogens is 232 g/mol. The van der Waals surface area contributed by atoms with Crippen LogP contribution in [0.4, 0.5) is 0 Å². The summed E-state index contributed by atoms with van der Waals surface area (Å²) in [5.41, 5.74) is 6.37. The average Bonchev–Trinajstić information content (AvgIpc) is 3.17. The van der Waals surface area contributed by atoms with E-state index in [1.807, 2.05) is 24.3 Å². The van der Waals surface area contributed by atoms with E-state index >= 15 is 0 Å². The maximum Gasteiger partial charge on any atom is 0.139 e. The van der Waals surface area contributed by atoms with Crippen LogP contribution in [0.1, 0.15) is 24.8 Å². The van der Waals surface area contributed by atoms with Crippen molar-refractivity contribution in [2.24, 2.45) is 16.3 Å². The first-order chi connectivity index (χ1) is 8.67. The highest BCUT2D eigenvalue weighted by molar-refractivity contribution is 5.80. The molecule has 0 unspecified atom stereocenters. The first-order valence-electron chi connectivity index (χ1n) is 5.96. The molecule has 1 aliphatic carbocycles. The maximum atomic E-state index is 9.04. The summed E-state index contributed by atoms with van der Waals surface area (Å²) in [5.74, 6) is 0.993. The molecule has 1 aromatic carbocycles. The fraction of sp³-hybridized carbons (Fsp3) is 0.462. The number of hydrogen-bond acceptors (Lipinski definition) is 4. The number of ether oxygens (including phenoxy) is 1. The van der Waals surface area contributed by atoms with Crippen molar-refractivity contribution in [1.82, 2.24) is 0 Å². The molecule has 0 saturated heterocycles. The van der Waals surface area contributed by atoms with E-state index in [1.165, 1.54) is 0 Å². The van der Waals surface area contributed by atoms with Crippen molar-refractivity contribution in [1.29, 1.82) is 0 Å². The van der Waals surface area contributed by atoms with Gasteiger partial charge in [0.05, 0.1) is 13.2 Å². The second-order valence-electron chi connectivity index (χ2n) is 4.86. The highest BCUT2D eigenvalue weighted by atomic mass is 16.5. The molecule has 1 saturated carbocycles. The number of nitrogens with zero attached hydrogens (tertiary/aromatic N) is 1. The molecule has 1 fully saturated rings. The van der Waals surface area contributed by atoms with Gasteiger partial charge in [0.1, 0.15) is 11.6 Å². The number of nitrogens with two attached hydrogens (primary N) is 1. The van der Waals surface area contributed by atoms with Crippen molar-refractivity contribution in [3.05, 3.63) is 29.8 Å². The highest BCUT2D eigenvalue weighted by Gasteiger charge is 2.44. The van der Waals surface area contributed by atoms with Gasteiger partial charge in [0, 0.05) is 11.8 Å². The molecule has 0 radical (unpaired) electrons. The number of aliphatic hydroxyl groups excluding tert-OH is 1. The third-order valence-electron chi connectivity index (χ3n) is 3.27. The Hall–Kier alpha value is -1.75. The van der Waals surface area contributed by atoms with Gasteiger partial charge in [-0.15, -0.1) is 0 Å². The van der Waals surface area contributed by atoms with Crippen LogP contribution in [0.2, 0.25) is 0 Å². The van der Waals surface area contributed by atoms with E-state index in [-0.39, 0.29) is 17.9 Å². The number of oxime groups is 1. The van der Waals surface area contributed by atoms with Crippen molar-refractivity contribution in [3.63, 3.8) is 0 Å². The number of rotatable bonds is 6. The summed E-state index contributed by atoms with van der Waals surface area (Å²) in [6.07, 6.45) is 2.62. The minimum absolute atomic E-state index is 0.00641. The molecule has 1 aliphatic rings.